The Morgan fingerprint density at radius 3 is 2.43 bits per heavy atom. The molecule has 4 aliphatic heterocycles. The fourth-order valence-corrected chi connectivity index (χ4v) is 7.72. The molecule has 4 N–H and O–H groups in total. The fourth-order valence-electron chi connectivity index (χ4n) is 7.47. The van der Waals surface area contributed by atoms with Crippen LogP contribution in [0.1, 0.15) is 42.4 Å². The summed E-state index contributed by atoms with van der Waals surface area (Å²) in [4.78, 5) is 54.7. The van der Waals surface area contributed by atoms with E-state index in [0.29, 0.717) is 73.4 Å². The number of nitrogens with zero attached hydrogens (tertiary/aromatic N) is 5. The fraction of sp³-hybridized carbons (Fsp3) is 0.528. The Hall–Kier alpha value is -4.02. The maximum atomic E-state index is 14.0. The summed E-state index contributed by atoms with van der Waals surface area (Å²) < 4.78 is 0. The predicted molar refractivity (Wildman–Crippen MR) is 190 cm³/mol. The molecule has 12 nitrogen and oxygen atoms in total. The molecule has 0 radical (unpaired) electrons. The van der Waals surface area contributed by atoms with Crippen LogP contribution < -0.4 is 16.4 Å². The van der Waals surface area contributed by atoms with Gasteiger partial charge in [0.1, 0.15) is 6.04 Å². The first-order valence-electron chi connectivity index (χ1n) is 17.3. The average molecular weight is 691 g/mol. The lowest BCUT2D eigenvalue weighted by Gasteiger charge is -2.42. The molecule has 0 saturated carbocycles. The third-order valence-electron chi connectivity index (χ3n) is 10.4. The van der Waals surface area contributed by atoms with Crippen LogP contribution in [0.4, 0.5) is 21.0 Å². The van der Waals surface area contributed by atoms with Crippen LogP contribution in [0.25, 0.3) is 0 Å². The molecule has 1 atom stereocenters. The molecule has 6 rings (SSSR count). The highest BCUT2D eigenvalue weighted by Gasteiger charge is 2.35. The van der Waals surface area contributed by atoms with Crippen LogP contribution in [-0.4, -0.2) is 127 Å². The molecule has 3 fully saturated rings. The molecular formula is C36H47ClN8O4. The van der Waals surface area contributed by atoms with Crippen molar-refractivity contribution in [1.82, 2.24) is 30.0 Å². The van der Waals surface area contributed by atoms with E-state index in [-0.39, 0.29) is 24.4 Å². The van der Waals surface area contributed by atoms with Crippen molar-refractivity contribution < 1.29 is 19.2 Å². The lowest BCUT2D eigenvalue weighted by atomic mass is 9.98. The van der Waals surface area contributed by atoms with Gasteiger partial charge in [0.15, 0.2) is 0 Å². The molecule has 0 unspecified atom stereocenters. The van der Waals surface area contributed by atoms with Crippen LogP contribution in [0.2, 0.25) is 5.02 Å². The summed E-state index contributed by atoms with van der Waals surface area (Å²) in [5.74, 6) is 2.38. The van der Waals surface area contributed by atoms with E-state index < -0.39 is 12.1 Å². The zero-order chi connectivity index (χ0) is 34.5. The summed E-state index contributed by atoms with van der Waals surface area (Å²) in [6, 6.07) is 10.8. The van der Waals surface area contributed by atoms with Crippen molar-refractivity contribution in [1.29, 1.82) is 0 Å². The standard InChI is InChI=1S/C36H47ClN8O4/c1-3-26-22-25(23-30(37)33(26)38)24-32(34(46)43-13-9-28(10-14-43)42-20-18-41(2)19-21-42)40-36(48)49-44-15-11-29(12-16-44)45-17-8-27-6-4-5-7-31(27)39-35(45)47/h1,4-7,22-23,28-29,32H,8-21,24,38H2,2H3,(H,39,47)(H,40,48)/t32-/m1/s1. The van der Waals surface area contributed by atoms with Crippen LogP contribution in [-0.2, 0) is 22.5 Å². The second kappa shape index (κ2) is 15.7. The number of hydrogen-bond donors (Lipinski definition) is 3. The van der Waals surface area contributed by atoms with E-state index in [0.717, 1.165) is 56.7 Å². The van der Waals surface area contributed by atoms with Gasteiger partial charge < -0.3 is 35.9 Å². The highest BCUT2D eigenvalue weighted by molar-refractivity contribution is 6.33. The number of hydrogen-bond acceptors (Lipinski definition) is 8. The third kappa shape index (κ3) is 8.41. The van der Waals surface area contributed by atoms with E-state index in [1.807, 2.05) is 34.1 Å². The first-order chi connectivity index (χ1) is 23.7. The minimum atomic E-state index is -0.891. The highest BCUT2D eigenvalue weighted by Crippen LogP contribution is 2.27. The van der Waals surface area contributed by atoms with E-state index in [1.54, 1.807) is 17.2 Å². The summed E-state index contributed by atoms with van der Waals surface area (Å²) in [6.45, 7) is 6.97. The summed E-state index contributed by atoms with van der Waals surface area (Å²) in [5, 5.41) is 7.80. The number of likely N-dealkylation sites (N-methyl/N-ethyl adjacent to an activating group) is 1. The Bertz CT molecular complexity index is 1560. The Morgan fingerprint density at radius 1 is 1.02 bits per heavy atom. The van der Waals surface area contributed by atoms with Crippen molar-refractivity contribution >= 4 is 41.0 Å². The average Bonchev–Trinajstić information content (AvgIpc) is 3.28. The molecule has 2 aromatic carbocycles. The number of urea groups is 1. The van der Waals surface area contributed by atoms with Crippen molar-refractivity contribution in [2.45, 2.75) is 56.7 Å². The lowest BCUT2D eigenvalue weighted by molar-refractivity contribution is -0.137. The zero-order valence-corrected chi connectivity index (χ0v) is 29.0. The SMILES string of the molecule is C#Cc1cc(C[C@@H](NC(=O)ON2CCC(N3CCc4ccccc4NC3=O)CC2)C(=O)N2CCC(N3CCN(C)CC3)CC2)cc(Cl)c1N. The molecule has 3 saturated heterocycles. The van der Waals surface area contributed by atoms with Crippen molar-refractivity contribution in [3.05, 3.63) is 58.1 Å². The number of nitrogen functional groups attached to an aromatic ring is 1. The normalized spacial score (nSPS) is 20.9. The maximum Gasteiger partial charge on any atom is 0.426 e. The number of carbonyl (C=O) groups is 3. The van der Waals surface area contributed by atoms with Gasteiger partial charge in [0, 0.05) is 88.7 Å². The number of para-hydroxylation sites is 1. The molecule has 4 amide bonds. The van der Waals surface area contributed by atoms with Crippen molar-refractivity contribution in [3.63, 3.8) is 0 Å². The molecule has 0 bridgehead atoms. The number of fused-ring (bicyclic) bond motifs is 1. The number of piperidine rings is 2. The van der Waals surface area contributed by atoms with Crippen LogP contribution >= 0.6 is 11.6 Å². The number of likely N-dealkylation sites (tertiary alicyclic amines) is 1. The summed E-state index contributed by atoms with van der Waals surface area (Å²) in [5.41, 5.74) is 9.46. The molecule has 0 spiro atoms. The molecule has 0 aromatic heterocycles. The molecule has 13 heteroatoms. The number of amides is 4. The van der Waals surface area contributed by atoms with Gasteiger partial charge in [-0.3, -0.25) is 9.69 Å². The van der Waals surface area contributed by atoms with E-state index in [9.17, 15) is 14.4 Å². The van der Waals surface area contributed by atoms with Gasteiger partial charge in [-0.15, -0.1) is 11.5 Å². The van der Waals surface area contributed by atoms with Crippen molar-refractivity contribution in [2.24, 2.45) is 0 Å². The molecule has 2 aromatic rings. The molecule has 0 aliphatic carbocycles. The molecule has 262 valence electrons. The number of terminal acetylenes is 1. The summed E-state index contributed by atoms with van der Waals surface area (Å²) in [6.07, 6.45) is 8.99. The first-order valence-corrected chi connectivity index (χ1v) is 17.7. The van der Waals surface area contributed by atoms with Crippen molar-refractivity contribution in [2.75, 3.05) is 77.0 Å². The monoisotopic (exact) mass is 690 g/mol. The minimum absolute atomic E-state index is 0.0286. The highest BCUT2D eigenvalue weighted by atomic mass is 35.5. The number of carbonyl (C=O) groups excluding carboxylic acids is 3. The Kier molecular flexibility index (Phi) is 11.1. The Morgan fingerprint density at radius 2 is 1.71 bits per heavy atom. The smallest absolute Gasteiger partial charge is 0.397 e. The lowest BCUT2D eigenvalue weighted by Crippen LogP contribution is -2.56. The first kappa shape index (κ1) is 34.8. The van der Waals surface area contributed by atoms with Gasteiger partial charge in [0.2, 0.25) is 5.91 Å². The van der Waals surface area contributed by atoms with Gasteiger partial charge in [-0.05, 0) is 68.5 Å². The number of nitrogens with two attached hydrogens (primary N) is 1. The second-order valence-electron chi connectivity index (χ2n) is 13.5. The number of hydroxylamine groups is 2. The summed E-state index contributed by atoms with van der Waals surface area (Å²) >= 11 is 6.38. The van der Waals surface area contributed by atoms with Gasteiger partial charge >= 0.3 is 12.1 Å². The predicted octanol–water partition coefficient (Wildman–Crippen LogP) is 3.25. The van der Waals surface area contributed by atoms with Crippen molar-refractivity contribution in [3.8, 4) is 12.3 Å². The number of halogens is 1. The van der Waals surface area contributed by atoms with Gasteiger partial charge in [0.05, 0.1) is 10.7 Å². The van der Waals surface area contributed by atoms with Gasteiger partial charge in [-0.25, -0.2) is 9.59 Å². The molecule has 4 aliphatic rings. The quantitative estimate of drug-likeness (QED) is 0.299. The second-order valence-corrected chi connectivity index (χ2v) is 14.0. The molecule has 4 heterocycles. The summed E-state index contributed by atoms with van der Waals surface area (Å²) in [7, 11) is 2.15. The number of anilines is 2. The maximum absolute atomic E-state index is 14.0. The topological polar surface area (TPSA) is 127 Å². The van der Waals surface area contributed by atoms with Crippen LogP contribution in [0.5, 0.6) is 0 Å². The van der Waals surface area contributed by atoms with E-state index in [1.165, 1.54) is 0 Å². The number of rotatable bonds is 7. The van der Waals surface area contributed by atoms with Crippen LogP contribution in [0.3, 0.4) is 0 Å². The number of benzene rings is 2. The molecular weight excluding hydrogens is 644 g/mol. The van der Waals surface area contributed by atoms with E-state index >= 15 is 0 Å². The number of piperazine rings is 1. The van der Waals surface area contributed by atoms with Gasteiger partial charge in [-0.2, -0.15) is 0 Å². The van der Waals surface area contributed by atoms with Gasteiger partial charge in [0.25, 0.3) is 0 Å². The number of nitrogens with one attached hydrogen (secondary N) is 2. The minimum Gasteiger partial charge on any atom is -0.397 e. The zero-order valence-electron chi connectivity index (χ0n) is 28.2. The van der Waals surface area contributed by atoms with Gasteiger partial charge in [-0.1, -0.05) is 35.7 Å². The van der Waals surface area contributed by atoms with E-state index in [2.05, 4.69) is 33.4 Å². The van der Waals surface area contributed by atoms with Crippen LogP contribution in [0, 0.1) is 12.3 Å². The van der Waals surface area contributed by atoms with E-state index in [4.69, 9.17) is 28.6 Å². The Labute approximate surface area is 293 Å². The molecule has 49 heavy (non-hydrogen) atoms. The Balaban J connectivity index is 1.06. The largest absolute Gasteiger partial charge is 0.426 e. The third-order valence-corrected chi connectivity index (χ3v) is 10.7. The van der Waals surface area contributed by atoms with Crippen LogP contribution in [0.15, 0.2) is 36.4 Å².